The summed E-state index contributed by atoms with van der Waals surface area (Å²) in [7, 11) is 0. The van der Waals surface area contributed by atoms with Crippen molar-refractivity contribution in [1.29, 1.82) is 0 Å². The van der Waals surface area contributed by atoms with Crippen LogP contribution in [0.1, 0.15) is 33.1 Å². The maximum Gasteiger partial charge on any atom is 0.237 e. The lowest BCUT2D eigenvalue weighted by Gasteiger charge is -2.32. The average Bonchev–Trinajstić information content (AvgIpc) is 2.29. The molecule has 0 spiro atoms. The van der Waals surface area contributed by atoms with Gasteiger partial charge in [0.25, 0.3) is 0 Å². The molecule has 1 aliphatic heterocycles. The maximum absolute atomic E-state index is 11.2. The Morgan fingerprint density at radius 3 is 2.60 bits per heavy atom. The number of nitrogens with two attached hydrogens (primary N) is 1. The monoisotopic (exact) mass is 213 g/mol. The van der Waals surface area contributed by atoms with Crippen molar-refractivity contribution in [3.05, 3.63) is 0 Å². The number of nitrogens with zero attached hydrogens (tertiary/aromatic N) is 1. The van der Waals surface area contributed by atoms with Crippen LogP contribution in [0.15, 0.2) is 0 Å². The molecule has 0 aromatic rings. The van der Waals surface area contributed by atoms with E-state index in [9.17, 15) is 4.79 Å². The molecule has 4 nitrogen and oxygen atoms in total. The first-order valence-electron chi connectivity index (χ1n) is 5.90. The second-order valence-electron chi connectivity index (χ2n) is 4.56. The molecule has 0 radical (unpaired) electrons. The van der Waals surface area contributed by atoms with Gasteiger partial charge in [0.1, 0.15) is 0 Å². The number of hydrazine groups is 1. The van der Waals surface area contributed by atoms with Crippen molar-refractivity contribution in [1.82, 2.24) is 10.3 Å². The highest BCUT2D eigenvalue weighted by atomic mass is 16.2. The van der Waals surface area contributed by atoms with E-state index in [2.05, 4.69) is 17.2 Å². The van der Waals surface area contributed by atoms with E-state index < -0.39 is 0 Å². The van der Waals surface area contributed by atoms with Gasteiger partial charge in [0.05, 0.1) is 0 Å². The van der Waals surface area contributed by atoms with Crippen molar-refractivity contribution in [2.75, 3.05) is 19.6 Å². The molecule has 88 valence electrons. The van der Waals surface area contributed by atoms with Crippen LogP contribution < -0.4 is 11.3 Å². The molecule has 15 heavy (non-hydrogen) atoms. The Balaban J connectivity index is 2.26. The van der Waals surface area contributed by atoms with E-state index in [1.807, 2.05) is 6.92 Å². The van der Waals surface area contributed by atoms with E-state index in [-0.39, 0.29) is 11.8 Å². The molecule has 1 fully saturated rings. The van der Waals surface area contributed by atoms with Crippen molar-refractivity contribution < 1.29 is 4.79 Å². The molecule has 1 unspecified atom stereocenters. The Kier molecular flexibility index (Phi) is 5.05. The third-order valence-corrected chi connectivity index (χ3v) is 3.41. The van der Waals surface area contributed by atoms with Crippen LogP contribution in [0.25, 0.3) is 0 Å². The largest absolute Gasteiger partial charge is 0.303 e. The summed E-state index contributed by atoms with van der Waals surface area (Å²) in [5, 5.41) is 0. The first-order valence-corrected chi connectivity index (χ1v) is 5.90. The molecule has 0 bridgehead atoms. The van der Waals surface area contributed by atoms with E-state index in [0.29, 0.717) is 0 Å². The Hall–Kier alpha value is -0.610. The first kappa shape index (κ1) is 12.5. The van der Waals surface area contributed by atoms with E-state index in [0.717, 1.165) is 25.6 Å². The minimum atomic E-state index is -0.0624. The molecular weight excluding hydrogens is 190 g/mol. The third kappa shape index (κ3) is 3.80. The Morgan fingerprint density at radius 1 is 1.53 bits per heavy atom. The topological polar surface area (TPSA) is 58.4 Å². The quantitative estimate of drug-likeness (QED) is 0.411. The zero-order valence-corrected chi connectivity index (χ0v) is 9.83. The van der Waals surface area contributed by atoms with Gasteiger partial charge in [-0.3, -0.25) is 10.2 Å². The lowest BCUT2D eigenvalue weighted by molar-refractivity contribution is -0.125. The molecule has 1 aliphatic rings. The Morgan fingerprint density at radius 2 is 2.13 bits per heavy atom. The lowest BCUT2D eigenvalue weighted by atomic mass is 9.94. The van der Waals surface area contributed by atoms with Crippen molar-refractivity contribution in [2.24, 2.45) is 17.7 Å². The first-order chi connectivity index (χ1) is 7.17. The molecule has 0 aliphatic carbocycles. The maximum atomic E-state index is 11.2. The fourth-order valence-corrected chi connectivity index (χ4v) is 2.19. The number of nitrogens with one attached hydrogen (secondary N) is 1. The number of amides is 1. The Bertz CT molecular complexity index is 200. The van der Waals surface area contributed by atoms with E-state index in [4.69, 9.17) is 5.84 Å². The van der Waals surface area contributed by atoms with Crippen molar-refractivity contribution in [3.63, 3.8) is 0 Å². The minimum absolute atomic E-state index is 0.00632. The molecule has 1 saturated heterocycles. The predicted molar refractivity (Wildman–Crippen MR) is 60.9 cm³/mol. The number of hydrogen-bond acceptors (Lipinski definition) is 3. The van der Waals surface area contributed by atoms with Gasteiger partial charge in [-0.15, -0.1) is 0 Å². The van der Waals surface area contributed by atoms with Crippen molar-refractivity contribution in [2.45, 2.75) is 33.1 Å². The van der Waals surface area contributed by atoms with Gasteiger partial charge >= 0.3 is 0 Å². The van der Waals surface area contributed by atoms with Crippen molar-refractivity contribution >= 4 is 5.91 Å². The van der Waals surface area contributed by atoms with Crippen LogP contribution in [0.4, 0.5) is 0 Å². The number of hydrogen-bond donors (Lipinski definition) is 2. The second-order valence-corrected chi connectivity index (χ2v) is 4.56. The van der Waals surface area contributed by atoms with Gasteiger partial charge in [-0.05, 0) is 31.8 Å². The molecule has 3 N–H and O–H groups in total. The van der Waals surface area contributed by atoms with E-state index in [1.165, 1.54) is 19.3 Å². The molecule has 0 saturated carbocycles. The van der Waals surface area contributed by atoms with E-state index in [1.54, 1.807) is 0 Å². The van der Waals surface area contributed by atoms with E-state index >= 15 is 0 Å². The standard InChI is InChI=1S/C11H23N3O/c1-3-10-4-6-14(7-5-10)8-9(2)11(15)13-12/h9-10H,3-8,12H2,1-2H3,(H,13,15). The summed E-state index contributed by atoms with van der Waals surface area (Å²) in [6, 6.07) is 0. The van der Waals surface area contributed by atoms with Gasteiger partial charge in [0, 0.05) is 12.5 Å². The van der Waals surface area contributed by atoms with Crippen LogP contribution in [0.5, 0.6) is 0 Å². The number of carbonyl (C=O) groups is 1. The Labute approximate surface area is 92.2 Å². The second kappa shape index (κ2) is 6.08. The minimum Gasteiger partial charge on any atom is -0.303 e. The fourth-order valence-electron chi connectivity index (χ4n) is 2.19. The third-order valence-electron chi connectivity index (χ3n) is 3.41. The van der Waals surface area contributed by atoms with Gasteiger partial charge in [0.15, 0.2) is 0 Å². The van der Waals surface area contributed by atoms with Crippen LogP contribution in [-0.4, -0.2) is 30.4 Å². The number of likely N-dealkylation sites (tertiary alicyclic amines) is 1. The molecule has 1 amide bonds. The molecule has 0 aromatic heterocycles. The summed E-state index contributed by atoms with van der Waals surface area (Å²) in [4.78, 5) is 13.6. The van der Waals surface area contributed by atoms with Gasteiger partial charge in [-0.25, -0.2) is 5.84 Å². The molecule has 1 atom stereocenters. The molecular formula is C11H23N3O. The molecule has 0 aromatic carbocycles. The van der Waals surface area contributed by atoms with Crippen LogP contribution in [0.2, 0.25) is 0 Å². The molecule has 1 heterocycles. The van der Waals surface area contributed by atoms with Gasteiger partial charge < -0.3 is 4.90 Å². The summed E-state index contributed by atoms with van der Waals surface area (Å²) in [5.41, 5.74) is 2.21. The fraction of sp³-hybridized carbons (Fsp3) is 0.909. The van der Waals surface area contributed by atoms with Gasteiger partial charge in [-0.1, -0.05) is 20.3 Å². The predicted octanol–water partition coefficient (Wildman–Crippen LogP) is 0.734. The van der Waals surface area contributed by atoms with Gasteiger partial charge in [0.2, 0.25) is 5.91 Å². The van der Waals surface area contributed by atoms with Crippen LogP contribution in [0, 0.1) is 11.8 Å². The number of rotatable bonds is 4. The zero-order chi connectivity index (χ0) is 11.3. The highest BCUT2D eigenvalue weighted by Gasteiger charge is 2.21. The van der Waals surface area contributed by atoms with Crippen LogP contribution in [-0.2, 0) is 4.79 Å². The highest BCUT2D eigenvalue weighted by molar-refractivity contribution is 5.77. The SMILES string of the molecule is CCC1CCN(CC(C)C(=O)NN)CC1. The number of piperidine rings is 1. The van der Waals surface area contributed by atoms with Gasteiger partial charge in [-0.2, -0.15) is 0 Å². The summed E-state index contributed by atoms with van der Waals surface area (Å²) < 4.78 is 0. The summed E-state index contributed by atoms with van der Waals surface area (Å²) in [6.07, 6.45) is 3.83. The van der Waals surface area contributed by atoms with Crippen LogP contribution >= 0.6 is 0 Å². The summed E-state index contributed by atoms with van der Waals surface area (Å²) in [6.45, 7) is 7.26. The summed E-state index contributed by atoms with van der Waals surface area (Å²) >= 11 is 0. The van der Waals surface area contributed by atoms with Crippen LogP contribution in [0.3, 0.4) is 0 Å². The molecule has 4 heteroatoms. The normalized spacial score (nSPS) is 21.3. The molecule has 1 rings (SSSR count). The summed E-state index contributed by atoms with van der Waals surface area (Å²) in [5.74, 6) is 5.92. The smallest absolute Gasteiger partial charge is 0.237 e. The average molecular weight is 213 g/mol. The zero-order valence-electron chi connectivity index (χ0n) is 9.83. The lowest BCUT2D eigenvalue weighted by Crippen LogP contribution is -2.43. The number of carbonyl (C=O) groups excluding carboxylic acids is 1. The van der Waals surface area contributed by atoms with Crippen molar-refractivity contribution in [3.8, 4) is 0 Å². The highest BCUT2D eigenvalue weighted by Crippen LogP contribution is 2.20.